The van der Waals surface area contributed by atoms with Gasteiger partial charge < -0.3 is 10.2 Å². The van der Waals surface area contributed by atoms with E-state index in [0.717, 1.165) is 35.5 Å². The van der Waals surface area contributed by atoms with Gasteiger partial charge in [-0.05, 0) is 92.9 Å². The number of carbonyl (C=O) groups excluding carboxylic acids is 2. The van der Waals surface area contributed by atoms with Crippen molar-refractivity contribution >= 4 is 23.2 Å². The summed E-state index contributed by atoms with van der Waals surface area (Å²) in [5.41, 5.74) is 0.361. The molecule has 2 heterocycles. The quantitative estimate of drug-likeness (QED) is 0.818. The first-order chi connectivity index (χ1) is 13.5. The van der Waals surface area contributed by atoms with Crippen LogP contribution in [0.15, 0.2) is 17.5 Å². The molecule has 4 bridgehead atoms. The number of thiophene rings is 1. The normalized spacial score (nSPS) is 35.8. The van der Waals surface area contributed by atoms with E-state index in [0.29, 0.717) is 24.5 Å². The number of carbonyl (C=O) groups is 2. The van der Waals surface area contributed by atoms with Gasteiger partial charge >= 0.3 is 0 Å². The molecule has 0 spiro atoms. The van der Waals surface area contributed by atoms with Crippen LogP contribution in [0, 0.1) is 29.1 Å². The van der Waals surface area contributed by atoms with Gasteiger partial charge in [0.2, 0.25) is 5.91 Å². The van der Waals surface area contributed by atoms with Crippen LogP contribution in [0.4, 0.5) is 0 Å². The van der Waals surface area contributed by atoms with Crippen molar-refractivity contribution in [3.05, 3.63) is 22.4 Å². The smallest absolute Gasteiger partial charge is 0.263 e. The van der Waals surface area contributed by atoms with Gasteiger partial charge in [0.25, 0.3) is 5.91 Å². The SMILES string of the molecule is C[C@@H](NC(=O)C1CCN(C(=O)c2cccs2)CC1)C12CC3CC(CC(C3)C1)C2. The molecule has 5 heteroatoms. The number of piperidine rings is 1. The van der Waals surface area contributed by atoms with Crippen LogP contribution in [-0.4, -0.2) is 35.8 Å². The second-order valence-corrected chi connectivity index (χ2v) is 11.0. The summed E-state index contributed by atoms with van der Waals surface area (Å²) in [7, 11) is 0. The standard InChI is InChI=1S/C23H32N2O2S/c1-15(23-12-16-9-17(13-23)11-18(10-16)14-23)24-21(26)19-4-6-25(7-5-19)22(27)20-3-2-8-28-20/h2-3,8,15-19H,4-7,9-14H2,1H3,(H,24,26)/t15-,16?,17?,18?,23?/m1/s1. The number of hydrogen-bond donors (Lipinski definition) is 1. The van der Waals surface area contributed by atoms with E-state index in [-0.39, 0.29) is 17.7 Å². The first kappa shape index (κ1) is 18.7. The zero-order valence-corrected chi connectivity index (χ0v) is 17.7. The molecule has 5 aliphatic rings. The van der Waals surface area contributed by atoms with E-state index in [9.17, 15) is 9.59 Å². The molecule has 4 aliphatic carbocycles. The van der Waals surface area contributed by atoms with Crippen LogP contribution in [0.25, 0.3) is 0 Å². The predicted molar refractivity (Wildman–Crippen MR) is 111 cm³/mol. The molecule has 1 aromatic heterocycles. The second kappa shape index (κ2) is 7.16. The van der Waals surface area contributed by atoms with Gasteiger partial charge in [0, 0.05) is 25.0 Å². The highest BCUT2D eigenvalue weighted by molar-refractivity contribution is 7.12. The molecule has 2 amide bonds. The van der Waals surface area contributed by atoms with Crippen molar-refractivity contribution < 1.29 is 9.59 Å². The highest BCUT2D eigenvalue weighted by atomic mass is 32.1. The lowest BCUT2D eigenvalue weighted by Gasteiger charge is -2.59. The molecule has 5 fully saturated rings. The lowest BCUT2D eigenvalue weighted by atomic mass is 9.48. The zero-order valence-electron chi connectivity index (χ0n) is 16.9. The third-order valence-corrected chi connectivity index (χ3v) is 9.11. The molecular weight excluding hydrogens is 368 g/mol. The molecular formula is C23H32N2O2S. The monoisotopic (exact) mass is 400 g/mol. The summed E-state index contributed by atoms with van der Waals surface area (Å²) in [5, 5.41) is 5.38. The first-order valence-corrected chi connectivity index (χ1v) is 12.0. The summed E-state index contributed by atoms with van der Waals surface area (Å²) in [6, 6.07) is 4.10. The van der Waals surface area contributed by atoms with Crippen molar-refractivity contribution in [2.75, 3.05) is 13.1 Å². The van der Waals surface area contributed by atoms with Gasteiger partial charge in [0.1, 0.15) is 0 Å². The number of nitrogens with zero attached hydrogens (tertiary/aromatic N) is 1. The molecule has 1 saturated heterocycles. The lowest BCUT2D eigenvalue weighted by molar-refractivity contribution is -0.131. The summed E-state index contributed by atoms with van der Waals surface area (Å²) in [6.07, 6.45) is 9.88. The zero-order chi connectivity index (χ0) is 19.3. The van der Waals surface area contributed by atoms with E-state index in [1.54, 1.807) is 0 Å². The van der Waals surface area contributed by atoms with Gasteiger partial charge in [-0.1, -0.05) is 6.07 Å². The average Bonchev–Trinajstić information content (AvgIpc) is 3.21. The van der Waals surface area contributed by atoms with Gasteiger partial charge in [-0.2, -0.15) is 0 Å². The molecule has 6 rings (SSSR count). The summed E-state index contributed by atoms with van der Waals surface area (Å²) >= 11 is 1.50. The van der Waals surface area contributed by atoms with Crippen molar-refractivity contribution in [1.29, 1.82) is 0 Å². The van der Waals surface area contributed by atoms with Gasteiger partial charge in [0.05, 0.1) is 4.88 Å². The minimum atomic E-state index is 0.0590. The Kier molecular flexibility index (Phi) is 4.77. The maximum atomic E-state index is 13.0. The Morgan fingerprint density at radius 3 is 2.25 bits per heavy atom. The third-order valence-electron chi connectivity index (χ3n) is 8.25. The number of nitrogens with one attached hydrogen (secondary N) is 1. The molecule has 1 N–H and O–H groups in total. The maximum Gasteiger partial charge on any atom is 0.263 e. The van der Waals surface area contributed by atoms with Crippen molar-refractivity contribution in [1.82, 2.24) is 10.2 Å². The van der Waals surface area contributed by atoms with Crippen molar-refractivity contribution in [3.8, 4) is 0 Å². The molecule has 0 radical (unpaired) electrons. The van der Waals surface area contributed by atoms with E-state index in [2.05, 4.69) is 12.2 Å². The topological polar surface area (TPSA) is 49.4 Å². The van der Waals surface area contributed by atoms with Crippen LogP contribution in [0.1, 0.15) is 68.0 Å². The van der Waals surface area contributed by atoms with Crippen LogP contribution in [0.2, 0.25) is 0 Å². The number of likely N-dealkylation sites (tertiary alicyclic amines) is 1. The van der Waals surface area contributed by atoms with Crippen LogP contribution >= 0.6 is 11.3 Å². The van der Waals surface area contributed by atoms with Gasteiger partial charge in [-0.25, -0.2) is 0 Å². The second-order valence-electron chi connectivity index (χ2n) is 10.1. The van der Waals surface area contributed by atoms with Crippen LogP contribution in [0.5, 0.6) is 0 Å². The minimum absolute atomic E-state index is 0.0590. The third kappa shape index (κ3) is 3.30. The summed E-state index contributed by atoms with van der Waals surface area (Å²) in [6.45, 7) is 3.65. The molecule has 1 aliphatic heterocycles. The minimum Gasteiger partial charge on any atom is -0.353 e. The lowest BCUT2D eigenvalue weighted by Crippen LogP contribution is -2.56. The fourth-order valence-electron chi connectivity index (χ4n) is 7.09. The molecule has 4 nitrogen and oxygen atoms in total. The van der Waals surface area contributed by atoms with Crippen molar-refractivity contribution in [2.24, 2.45) is 29.1 Å². The van der Waals surface area contributed by atoms with Gasteiger partial charge in [-0.15, -0.1) is 11.3 Å². The van der Waals surface area contributed by atoms with Crippen molar-refractivity contribution in [3.63, 3.8) is 0 Å². The Morgan fingerprint density at radius 2 is 1.71 bits per heavy atom. The van der Waals surface area contributed by atoms with E-state index < -0.39 is 0 Å². The molecule has 4 saturated carbocycles. The van der Waals surface area contributed by atoms with E-state index in [4.69, 9.17) is 0 Å². The van der Waals surface area contributed by atoms with Gasteiger partial charge in [0.15, 0.2) is 0 Å². The van der Waals surface area contributed by atoms with Crippen LogP contribution in [0.3, 0.4) is 0 Å². The van der Waals surface area contributed by atoms with Crippen molar-refractivity contribution in [2.45, 2.75) is 64.3 Å². The Morgan fingerprint density at radius 1 is 1.11 bits per heavy atom. The van der Waals surface area contributed by atoms with Crippen LogP contribution in [-0.2, 0) is 4.79 Å². The summed E-state index contributed by atoms with van der Waals surface area (Å²) in [5.74, 6) is 3.15. The Labute approximate surface area is 172 Å². The highest BCUT2D eigenvalue weighted by Gasteiger charge is 2.53. The molecule has 0 unspecified atom stereocenters. The van der Waals surface area contributed by atoms with E-state index >= 15 is 0 Å². The largest absolute Gasteiger partial charge is 0.353 e. The fourth-order valence-corrected chi connectivity index (χ4v) is 7.78. The molecule has 28 heavy (non-hydrogen) atoms. The molecule has 1 atom stereocenters. The van der Waals surface area contributed by atoms with Crippen LogP contribution < -0.4 is 5.32 Å². The summed E-state index contributed by atoms with van der Waals surface area (Å²) < 4.78 is 0. The Bertz CT molecular complexity index is 701. The molecule has 152 valence electrons. The van der Waals surface area contributed by atoms with Gasteiger partial charge in [-0.3, -0.25) is 9.59 Å². The number of hydrogen-bond acceptors (Lipinski definition) is 3. The predicted octanol–water partition coefficient (Wildman–Crippen LogP) is 4.32. The average molecular weight is 401 g/mol. The first-order valence-electron chi connectivity index (χ1n) is 11.2. The number of rotatable bonds is 4. The summed E-state index contributed by atoms with van der Waals surface area (Å²) in [4.78, 5) is 28.2. The molecule has 1 aromatic rings. The van der Waals surface area contributed by atoms with E-state index in [1.807, 2.05) is 22.4 Å². The highest BCUT2D eigenvalue weighted by Crippen LogP contribution is 2.61. The Hall–Kier alpha value is -1.36. The Balaban J connectivity index is 1.16. The molecule has 0 aromatic carbocycles. The maximum absolute atomic E-state index is 13.0. The number of amides is 2. The van der Waals surface area contributed by atoms with E-state index in [1.165, 1.54) is 49.9 Å². The fraction of sp³-hybridized carbons (Fsp3) is 0.739.